The molecule has 0 spiro atoms. The molecule has 1 amide bonds. The number of phenols is 1. The lowest BCUT2D eigenvalue weighted by Gasteiger charge is -2.05. The van der Waals surface area contributed by atoms with E-state index >= 15 is 0 Å². The molecule has 0 radical (unpaired) electrons. The molecule has 0 aliphatic carbocycles. The van der Waals surface area contributed by atoms with Crippen LogP contribution in [0.1, 0.15) is 29.5 Å². The molecule has 23 heavy (non-hydrogen) atoms. The van der Waals surface area contributed by atoms with Gasteiger partial charge in [0.2, 0.25) is 5.91 Å². The van der Waals surface area contributed by atoms with Crippen LogP contribution in [0.4, 0.5) is 5.69 Å². The number of ketones is 1. The molecular formula is C19H19NO3. The third-order valence-electron chi connectivity index (χ3n) is 4.06. The van der Waals surface area contributed by atoms with Crippen molar-refractivity contribution in [2.24, 2.45) is 0 Å². The Bertz CT molecular complexity index is 735. The number of aromatic hydroxyl groups is 1. The van der Waals surface area contributed by atoms with Gasteiger partial charge in [-0.3, -0.25) is 9.59 Å². The highest BCUT2D eigenvalue weighted by atomic mass is 16.3. The number of nitrogens with one attached hydrogen (secondary N) is 1. The van der Waals surface area contributed by atoms with Gasteiger partial charge in [0.15, 0.2) is 0 Å². The summed E-state index contributed by atoms with van der Waals surface area (Å²) in [5, 5.41) is 12.1. The molecule has 1 heterocycles. The van der Waals surface area contributed by atoms with Crippen LogP contribution in [-0.2, 0) is 28.9 Å². The van der Waals surface area contributed by atoms with Crippen LogP contribution < -0.4 is 5.32 Å². The maximum Gasteiger partial charge on any atom is 0.228 e. The topological polar surface area (TPSA) is 66.4 Å². The standard InChI is InChI=1S/C19H19NO3/c21-16-8-5-14(6-9-16)10-17(22)3-1-2-13-4-7-15-12-19(23)20-18(15)11-13/h4-9,11,21H,1-3,10,12H2,(H,20,23). The summed E-state index contributed by atoms with van der Waals surface area (Å²) in [4.78, 5) is 23.3. The van der Waals surface area contributed by atoms with Gasteiger partial charge in [-0.05, 0) is 47.7 Å². The summed E-state index contributed by atoms with van der Waals surface area (Å²) in [5.41, 5.74) is 4.02. The number of carbonyl (C=O) groups is 2. The Morgan fingerprint density at radius 3 is 2.61 bits per heavy atom. The number of anilines is 1. The van der Waals surface area contributed by atoms with Gasteiger partial charge >= 0.3 is 0 Å². The average Bonchev–Trinajstić information content (AvgIpc) is 2.89. The van der Waals surface area contributed by atoms with E-state index in [4.69, 9.17) is 0 Å². The number of amides is 1. The van der Waals surface area contributed by atoms with Gasteiger partial charge < -0.3 is 10.4 Å². The van der Waals surface area contributed by atoms with Crippen LogP contribution in [-0.4, -0.2) is 16.8 Å². The summed E-state index contributed by atoms with van der Waals surface area (Å²) < 4.78 is 0. The van der Waals surface area contributed by atoms with E-state index in [1.54, 1.807) is 24.3 Å². The molecule has 0 fully saturated rings. The fraction of sp³-hybridized carbons (Fsp3) is 0.263. The molecule has 2 aromatic carbocycles. The average molecular weight is 309 g/mol. The third-order valence-corrected chi connectivity index (χ3v) is 4.06. The second-order valence-corrected chi connectivity index (χ2v) is 5.95. The van der Waals surface area contributed by atoms with E-state index < -0.39 is 0 Å². The second-order valence-electron chi connectivity index (χ2n) is 5.95. The highest BCUT2D eigenvalue weighted by Crippen LogP contribution is 2.24. The molecule has 0 saturated carbocycles. The van der Waals surface area contributed by atoms with Crippen molar-refractivity contribution in [2.45, 2.75) is 32.1 Å². The maximum atomic E-state index is 12.0. The van der Waals surface area contributed by atoms with E-state index in [1.807, 2.05) is 18.2 Å². The number of fused-ring (bicyclic) bond motifs is 1. The Morgan fingerprint density at radius 1 is 1.09 bits per heavy atom. The lowest BCUT2D eigenvalue weighted by Crippen LogP contribution is -2.04. The van der Waals surface area contributed by atoms with Crippen LogP contribution in [0.3, 0.4) is 0 Å². The molecule has 0 bridgehead atoms. The fourth-order valence-electron chi connectivity index (χ4n) is 2.84. The zero-order valence-corrected chi connectivity index (χ0v) is 12.8. The summed E-state index contributed by atoms with van der Waals surface area (Å²) >= 11 is 0. The van der Waals surface area contributed by atoms with Crippen LogP contribution in [0.25, 0.3) is 0 Å². The minimum absolute atomic E-state index is 0.0428. The number of phenolic OH excluding ortho intramolecular Hbond substituents is 1. The summed E-state index contributed by atoms with van der Waals surface area (Å²) in [6.45, 7) is 0. The Kier molecular flexibility index (Phi) is 4.42. The SMILES string of the molecule is O=C(CCCc1ccc2c(c1)NC(=O)C2)Cc1ccc(O)cc1. The number of hydrogen-bond donors (Lipinski definition) is 2. The van der Waals surface area contributed by atoms with Gasteiger partial charge in [0.1, 0.15) is 11.5 Å². The zero-order valence-electron chi connectivity index (χ0n) is 12.8. The first kappa shape index (κ1) is 15.3. The number of Topliss-reactive ketones (excluding diaryl/α,β-unsaturated/α-hetero) is 1. The third kappa shape index (κ3) is 3.97. The van der Waals surface area contributed by atoms with Crippen LogP contribution in [0.2, 0.25) is 0 Å². The van der Waals surface area contributed by atoms with Gasteiger partial charge in [-0.15, -0.1) is 0 Å². The van der Waals surface area contributed by atoms with E-state index in [-0.39, 0.29) is 17.4 Å². The van der Waals surface area contributed by atoms with E-state index in [0.717, 1.165) is 35.2 Å². The molecule has 0 atom stereocenters. The van der Waals surface area contributed by atoms with Crippen LogP contribution in [0, 0.1) is 0 Å². The monoisotopic (exact) mass is 309 g/mol. The molecule has 2 N–H and O–H groups in total. The molecule has 1 aliphatic heterocycles. The first-order chi connectivity index (χ1) is 11.1. The van der Waals surface area contributed by atoms with Crippen molar-refractivity contribution in [3.8, 4) is 5.75 Å². The molecular weight excluding hydrogens is 290 g/mol. The minimum Gasteiger partial charge on any atom is -0.508 e. The van der Waals surface area contributed by atoms with Crippen LogP contribution in [0.5, 0.6) is 5.75 Å². The van der Waals surface area contributed by atoms with Crippen molar-refractivity contribution in [3.63, 3.8) is 0 Å². The number of benzene rings is 2. The highest BCUT2D eigenvalue weighted by Gasteiger charge is 2.17. The van der Waals surface area contributed by atoms with Crippen molar-refractivity contribution >= 4 is 17.4 Å². The largest absolute Gasteiger partial charge is 0.508 e. The predicted molar refractivity (Wildman–Crippen MR) is 88.5 cm³/mol. The summed E-state index contributed by atoms with van der Waals surface area (Å²) in [7, 11) is 0. The van der Waals surface area contributed by atoms with Crippen molar-refractivity contribution in [3.05, 3.63) is 59.2 Å². The van der Waals surface area contributed by atoms with E-state index in [9.17, 15) is 14.7 Å². The first-order valence-electron chi connectivity index (χ1n) is 7.81. The molecule has 0 saturated heterocycles. The Balaban J connectivity index is 1.48. The molecule has 3 rings (SSSR count). The van der Waals surface area contributed by atoms with E-state index in [0.29, 0.717) is 19.3 Å². The smallest absolute Gasteiger partial charge is 0.228 e. The van der Waals surface area contributed by atoms with Gasteiger partial charge in [0.25, 0.3) is 0 Å². The molecule has 2 aromatic rings. The Morgan fingerprint density at radius 2 is 1.83 bits per heavy atom. The van der Waals surface area contributed by atoms with Crippen molar-refractivity contribution in [1.29, 1.82) is 0 Å². The Labute approximate surface area is 135 Å². The minimum atomic E-state index is 0.0428. The second kappa shape index (κ2) is 6.65. The molecule has 1 aliphatic rings. The zero-order chi connectivity index (χ0) is 16.2. The normalized spacial score (nSPS) is 12.8. The van der Waals surface area contributed by atoms with Crippen molar-refractivity contribution in [1.82, 2.24) is 0 Å². The van der Waals surface area contributed by atoms with Crippen LogP contribution >= 0.6 is 0 Å². The fourth-order valence-corrected chi connectivity index (χ4v) is 2.84. The maximum absolute atomic E-state index is 12.0. The number of hydrogen-bond acceptors (Lipinski definition) is 3. The van der Waals surface area contributed by atoms with Gasteiger partial charge in [0.05, 0.1) is 6.42 Å². The summed E-state index contributed by atoms with van der Waals surface area (Å²) in [6.07, 6.45) is 3.01. The van der Waals surface area contributed by atoms with Gasteiger partial charge in [-0.25, -0.2) is 0 Å². The van der Waals surface area contributed by atoms with Gasteiger partial charge in [-0.1, -0.05) is 24.3 Å². The molecule has 118 valence electrons. The van der Waals surface area contributed by atoms with E-state index in [1.165, 1.54) is 0 Å². The van der Waals surface area contributed by atoms with Crippen molar-refractivity contribution in [2.75, 3.05) is 5.32 Å². The number of rotatable bonds is 6. The van der Waals surface area contributed by atoms with Gasteiger partial charge in [-0.2, -0.15) is 0 Å². The predicted octanol–water partition coefficient (Wildman–Crippen LogP) is 3.02. The number of aryl methyl sites for hydroxylation is 1. The molecule has 4 heteroatoms. The molecule has 0 aromatic heterocycles. The molecule has 4 nitrogen and oxygen atoms in total. The van der Waals surface area contributed by atoms with Gasteiger partial charge in [0, 0.05) is 18.5 Å². The number of carbonyl (C=O) groups excluding carboxylic acids is 2. The Hall–Kier alpha value is -2.62. The molecule has 0 unspecified atom stereocenters. The quantitative estimate of drug-likeness (QED) is 0.862. The lowest BCUT2D eigenvalue weighted by molar-refractivity contribution is -0.118. The highest BCUT2D eigenvalue weighted by molar-refractivity contribution is 5.99. The summed E-state index contributed by atoms with van der Waals surface area (Å²) in [6, 6.07) is 12.8. The summed E-state index contributed by atoms with van der Waals surface area (Å²) in [5.74, 6) is 0.455. The van der Waals surface area contributed by atoms with E-state index in [2.05, 4.69) is 5.32 Å². The van der Waals surface area contributed by atoms with Crippen molar-refractivity contribution < 1.29 is 14.7 Å². The lowest BCUT2D eigenvalue weighted by atomic mass is 10.0. The van der Waals surface area contributed by atoms with Crippen LogP contribution in [0.15, 0.2) is 42.5 Å². The first-order valence-corrected chi connectivity index (χ1v) is 7.81.